The number of hydrogen-bond donors (Lipinski definition) is 3. The number of benzene rings is 2. The zero-order chi connectivity index (χ0) is 27.7. The third-order valence-electron chi connectivity index (χ3n) is 7.34. The van der Waals surface area contributed by atoms with Crippen molar-refractivity contribution >= 4 is 28.9 Å². The van der Waals surface area contributed by atoms with E-state index in [1.54, 1.807) is 18.3 Å². The Morgan fingerprint density at radius 1 is 1.05 bits per heavy atom. The van der Waals surface area contributed by atoms with Gasteiger partial charge >= 0.3 is 0 Å². The van der Waals surface area contributed by atoms with Crippen LogP contribution in [-0.4, -0.2) is 37.1 Å². The summed E-state index contributed by atoms with van der Waals surface area (Å²) >= 11 is 5.83. The fraction of sp³-hybridized carbons (Fsp3) is 0.258. The van der Waals surface area contributed by atoms with Crippen molar-refractivity contribution in [2.45, 2.75) is 46.2 Å². The van der Waals surface area contributed by atoms with Crippen LogP contribution < -0.4 is 10.6 Å². The van der Waals surface area contributed by atoms with Crippen molar-refractivity contribution in [2.24, 2.45) is 0 Å². The van der Waals surface area contributed by atoms with Crippen LogP contribution in [0.1, 0.15) is 52.3 Å². The fourth-order valence-electron chi connectivity index (χ4n) is 5.38. The highest BCUT2D eigenvalue weighted by molar-refractivity contribution is 7.80. The van der Waals surface area contributed by atoms with Crippen molar-refractivity contribution in [1.29, 1.82) is 0 Å². The molecule has 2 aromatic heterocycles. The van der Waals surface area contributed by atoms with E-state index in [4.69, 9.17) is 12.2 Å². The number of phenols is 1. The summed E-state index contributed by atoms with van der Waals surface area (Å²) in [7, 11) is 0. The van der Waals surface area contributed by atoms with Gasteiger partial charge in [-0.2, -0.15) is 0 Å². The molecule has 0 radical (unpaired) electrons. The van der Waals surface area contributed by atoms with Gasteiger partial charge in [-0.3, -0.25) is 9.78 Å². The summed E-state index contributed by atoms with van der Waals surface area (Å²) in [6.45, 7) is 8.63. The van der Waals surface area contributed by atoms with Gasteiger partial charge in [0.25, 0.3) is 0 Å². The molecular weight excluding hydrogens is 506 g/mol. The van der Waals surface area contributed by atoms with Gasteiger partial charge in [-0.1, -0.05) is 18.2 Å². The number of aryl methyl sites for hydroxylation is 3. The first-order valence-electron chi connectivity index (χ1n) is 13.1. The summed E-state index contributed by atoms with van der Waals surface area (Å²) in [6.07, 6.45) is 2.08. The molecule has 7 nitrogen and oxygen atoms in total. The molecule has 1 aliphatic rings. The molecule has 1 saturated heterocycles. The molecule has 1 aliphatic heterocycles. The van der Waals surface area contributed by atoms with E-state index in [2.05, 4.69) is 45.0 Å². The Morgan fingerprint density at radius 2 is 1.82 bits per heavy atom. The summed E-state index contributed by atoms with van der Waals surface area (Å²) in [5.41, 5.74) is 8.07. The summed E-state index contributed by atoms with van der Waals surface area (Å²) in [4.78, 5) is 19.8. The van der Waals surface area contributed by atoms with E-state index in [0.717, 1.165) is 45.1 Å². The van der Waals surface area contributed by atoms with E-state index < -0.39 is 0 Å². The molecule has 0 bridgehead atoms. The third kappa shape index (κ3) is 5.38. The Morgan fingerprint density at radius 3 is 2.54 bits per heavy atom. The molecule has 200 valence electrons. The van der Waals surface area contributed by atoms with E-state index in [-0.39, 0.29) is 30.2 Å². The minimum absolute atomic E-state index is 0.0545. The standard InChI is InChI=1S/C31H33N5O2S/c1-19-8-9-20(2)27(17-19)33-28(38)14-16-35-30(29(34-31(35)39)26-7-5-6-15-32-26)25-18-21(3)36(22(25)4)23-10-12-24(37)13-11-23/h5-13,15,17-18,29-30,37H,14,16H2,1-4H3,(H,33,38)(H,34,39)/t29-,30-/m1/s1. The lowest BCUT2D eigenvalue weighted by Gasteiger charge is -2.28. The number of nitrogens with zero attached hydrogens (tertiary/aromatic N) is 3. The van der Waals surface area contributed by atoms with Crippen LogP contribution >= 0.6 is 12.2 Å². The van der Waals surface area contributed by atoms with Gasteiger partial charge < -0.3 is 25.2 Å². The van der Waals surface area contributed by atoms with Crippen LogP contribution in [0, 0.1) is 27.7 Å². The van der Waals surface area contributed by atoms with Crippen molar-refractivity contribution in [3.63, 3.8) is 0 Å². The van der Waals surface area contributed by atoms with Crippen LogP contribution in [0.3, 0.4) is 0 Å². The first-order valence-corrected chi connectivity index (χ1v) is 13.5. The Balaban J connectivity index is 1.46. The predicted molar refractivity (Wildman–Crippen MR) is 158 cm³/mol. The van der Waals surface area contributed by atoms with Crippen molar-refractivity contribution in [1.82, 2.24) is 19.8 Å². The number of nitrogens with one attached hydrogen (secondary N) is 2. The summed E-state index contributed by atoms with van der Waals surface area (Å²) in [5, 5.41) is 16.9. The summed E-state index contributed by atoms with van der Waals surface area (Å²) in [5.74, 6) is 0.174. The van der Waals surface area contributed by atoms with Crippen LogP contribution in [0.25, 0.3) is 5.69 Å². The number of aromatic hydroxyl groups is 1. The number of carbonyl (C=O) groups is 1. The lowest BCUT2D eigenvalue weighted by molar-refractivity contribution is -0.116. The molecule has 5 rings (SSSR count). The van der Waals surface area contributed by atoms with Crippen LogP contribution in [-0.2, 0) is 4.79 Å². The Bertz CT molecular complexity index is 1510. The number of pyridine rings is 1. The van der Waals surface area contributed by atoms with Gasteiger partial charge in [-0.15, -0.1) is 0 Å². The van der Waals surface area contributed by atoms with E-state index >= 15 is 0 Å². The number of amides is 1. The molecule has 4 aromatic rings. The number of thiocarbonyl (C=S) groups is 1. The second-order valence-electron chi connectivity index (χ2n) is 10.1. The molecule has 2 aromatic carbocycles. The molecule has 2 atom stereocenters. The van der Waals surface area contributed by atoms with Crippen LogP contribution in [0.4, 0.5) is 5.69 Å². The van der Waals surface area contributed by atoms with Crippen molar-refractivity contribution in [2.75, 3.05) is 11.9 Å². The van der Waals surface area contributed by atoms with E-state index in [1.165, 1.54) is 0 Å². The maximum Gasteiger partial charge on any atom is 0.226 e. The van der Waals surface area contributed by atoms with Gasteiger partial charge in [-0.25, -0.2) is 0 Å². The van der Waals surface area contributed by atoms with Gasteiger partial charge in [-0.05, 0) is 105 Å². The number of anilines is 1. The predicted octanol–water partition coefficient (Wildman–Crippen LogP) is 5.81. The average molecular weight is 540 g/mol. The summed E-state index contributed by atoms with van der Waals surface area (Å²) < 4.78 is 2.18. The zero-order valence-electron chi connectivity index (χ0n) is 22.6. The lowest BCUT2D eigenvalue weighted by Crippen LogP contribution is -2.33. The van der Waals surface area contributed by atoms with E-state index in [1.807, 2.05) is 62.4 Å². The molecule has 1 amide bonds. The first kappa shape index (κ1) is 26.4. The van der Waals surface area contributed by atoms with Crippen LogP contribution in [0.2, 0.25) is 0 Å². The van der Waals surface area contributed by atoms with Gasteiger partial charge in [0.15, 0.2) is 5.11 Å². The minimum atomic E-state index is -0.172. The minimum Gasteiger partial charge on any atom is -0.508 e. The normalized spacial score (nSPS) is 16.8. The number of rotatable bonds is 7. The fourth-order valence-corrected chi connectivity index (χ4v) is 5.71. The molecule has 0 aliphatic carbocycles. The van der Waals surface area contributed by atoms with Gasteiger partial charge in [0.1, 0.15) is 5.75 Å². The monoisotopic (exact) mass is 539 g/mol. The van der Waals surface area contributed by atoms with E-state index in [0.29, 0.717) is 11.7 Å². The van der Waals surface area contributed by atoms with Gasteiger partial charge in [0.2, 0.25) is 5.91 Å². The number of carbonyl (C=O) groups excluding carboxylic acids is 1. The topological polar surface area (TPSA) is 82.4 Å². The molecule has 0 spiro atoms. The maximum absolute atomic E-state index is 13.0. The molecule has 39 heavy (non-hydrogen) atoms. The first-order chi connectivity index (χ1) is 18.7. The zero-order valence-corrected chi connectivity index (χ0v) is 23.4. The molecule has 0 unspecified atom stereocenters. The Labute approximate surface area is 234 Å². The van der Waals surface area contributed by atoms with Crippen LogP contribution in [0.5, 0.6) is 5.75 Å². The van der Waals surface area contributed by atoms with Gasteiger partial charge in [0.05, 0.1) is 17.8 Å². The highest BCUT2D eigenvalue weighted by Crippen LogP contribution is 2.41. The second kappa shape index (κ2) is 10.9. The Hall–Kier alpha value is -4.17. The highest BCUT2D eigenvalue weighted by atomic mass is 32.1. The van der Waals surface area contributed by atoms with Crippen molar-refractivity contribution in [3.05, 3.63) is 107 Å². The third-order valence-corrected chi connectivity index (χ3v) is 7.69. The quantitative estimate of drug-likeness (QED) is 0.257. The molecule has 1 fully saturated rings. The molecule has 3 N–H and O–H groups in total. The average Bonchev–Trinajstić information content (AvgIpc) is 3.40. The number of phenolic OH excluding ortho intramolecular Hbond substituents is 1. The Kier molecular flexibility index (Phi) is 7.39. The summed E-state index contributed by atoms with van der Waals surface area (Å²) in [6, 6.07) is 21.0. The number of hydrogen-bond acceptors (Lipinski definition) is 4. The van der Waals surface area contributed by atoms with Crippen molar-refractivity contribution in [3.8, 4) is 11.4 Å². The molecule has 0 saturated carbocycles. The lowest BCUT2D eigenvalue weighted by atomic mass is 9.96. The largest absolute Gasteiger partial charge is 0.508 e. The maximum atomic E-state index is 13.0. The highest BCUT2D eigenvalue weighted by Gasteiger charge is 2.41. The molecule has 3 heterocycles. The molecular formula is C31H33N5O2S. The van der Waals surface area contributed by atoms with Crippen molar-refractivity contribution < 1.29 is 9.90 Å². The van der Waals surface area contributed by atoms with Crippen LogP contribution in [0.15, 0.2) is 72.9 Å². The van der Waals surface area contributed by atoms with Gasteiger partial charge in [0, 0.05) is 41.9 Å². The van der Waals surface area contributed by atoms with E-state index in [9.17, 15) is 9.90 Å². The number of aromatic nitrogens is 2. The molecule has 8 heteroatoms. The smallest absolute Gasteiger partial charge is 0.226 e. The SMILES string of the molecule is Cc1ccc(C)c(NC(=O)CCN2C(=S)N[C@H](c3ccccn3)[C@H]2c2cc(C)n(-c3ccc(O)cc3)c2C)c1. The second-order valence-corrected chi connectivity index (χ2v) is 10.5.